The molecule has 0 bridgehead atoms. The maximum Gasteiger partial charge on any atom is 0.335 e. The van der Waals surface area contributed by atoms with Crippen LogP contribution in [0.4, 0.5) is 0 Å². The zero-order chi connectivity index (χ0) is 20.6. The van der Waals surface area contributed by atoms with E-state index in [1.165, 1.54) is 6.92 Å². The van der Waals surface area contributed by atoms with E-state index in [0.717, 1.165) is 0 Å². The summed E-state index contributed by atoms with van der Waals surface area (Å²) < 4.78 is -7.55. The predicted octanol–water partition coefficient (Wildman–Crippen LogP) is 8.13. The summed E-state index contributed by atoms with van der Waals surface area (Å²) in [7, 11) is 0. The quantitative estimate of drug-likeness (QED) is 0.168. The Morgan fingerprint density at radius 1 is 0.920 bits per heavy atom. The third kappa shape index (κ3) is 6.59. The van der Waals surface area contributed by atoms with Crippen molar-refractivity contribution in [2.75, 3.05) is 0 Å². The standard InChI is InChI=1S/C11H8Cl12O2/c1-4(2)6(24)25-11(22,23)10(20,21)9(18,19)8(16,17)5(12)3-7(13,14)15/h5H,1,3H2,2H3. The number of ether oxygens (including phenoxy) is 1. The second-order valence-corrected chi connectivity index (χ2v) is 13.1. The molecule has 25 heavy (non-hydrogen) atoms. The highest BCUT2D eigenvalue weighted by molar-refractivity contribution is 6.74. The van der Waals surface area contributed by atoms with Gasteiger partial charge in [0.1, 0.15) is 0 Å². The predicted molar refractivity (Wildman–Crippen MR) is 113 cm³/mol. The average Bonchev–Trinajstić information content (AvgIpc) is 2.34. The largest absolute Gasteiger partial charge is 0.422 e. The molecule has 14 heteroatoms. The second-order valence-electron chi connectivity index (χ2n) is 4.75. The van der Waals surface area contributed by atoms with Crippen LogP contribution in [-0.2, 0) is 9.53 Å². The summed E-state index contributed by atoms with van der Waals surface area (Å²) in [4.78, 5) is 11.7. The van der Waals surface area contributed by atoms with Crippen molar-refractivity contribution in [2.24, 2.45) is 0 Å². The Kier molecular flexibility index (Phi) is 10.2. The van der Waals surface area contributed by atoms with E-state index in [4.69, 9.17) is 144 Å². The van der Waals surface area contributed by atoms with Gasteiger partial charge in [0.15, 0.2) is 12.5 Å². The lowest BCUT2D eigenvalue weighted by Crippen LogP contribution is -2.61. The molecule has 0 saturated heterocycles. The number of hydrogen-bond acceptors (Lipinski definition) is 2. The molecule has 1 atom stereocenters. The van der Waals surface area contributed by atoms with Crippen molar-refractivity contribution in [3.8, 4) is 0 Å². The molecule has 0 aliphatic rings. The first-order valence-corrected chi connectivity index (χ1v) is 10.4. The monoisotopic (exact) mass is 592 g/mol. The van der Waals surface area contributed by atoms with Crippen molar-refractivity contribution in [1.82, 2.24) is 0 Å². The molecule has 0 aromatic carbocycles. The van der Waals surface area contributed by atoms with E-state index in [1.54, 1.807) is 0 Å². The summed E-state index contributed by atoms with van der Waals surface area (Å²) in [6.45, 7) is 4.65. The fourth-order valence-corrected chi connectivity index (χ4v) is 4.55. The first kappa shape index (κ1) is 27.7. The molecule has 0 spiro atoms. The van der Waals surface area contributed by atoms with Gasteiger partial charge in [0.25, 0.3) is 4.52 Å². The van der Waals surface area contributed by atoms with Gasteiger partial charge in [-0.2, -0.15) is 0 Å². The molecule has 1 unspecified atom stereocenters. The lowest BCUT2D eigenvalue weighted by atomic mass is 10.1. The van der Waals surface area contributed by atoms with Crippen molar-refractivity contribution in [3.63, 3.8) is 0 Å². The summed E-state index contributed by atoms with van der Waals surface area (Å²) in [6, 6.07) is 0. The van der Waals surface area contributed by atoms with E-state index in [9.17, 15) is 4.79 Å². The maximum absolute atomic E-state index is 11.7. The summed E-state index contributed by atoms with van der Waals surface area (Å²) in [5.41, 5.74) is -0.0704. The SMILES string of the molecule is C=C(C)C(=O)OC(Cl)(Cl)C(Cl)(Cl)C(Cl)(Cl)C(Cl)(Cl)C(Cl)CC(Cl)(Cl)Cl. The third-order valence-electron chi connectivity index (χ3n) is 2.55. The van der Waals surface area contributed by atoms with Gasteiger partial charge in [-0.3, -0.25) is 0 Å². The van der Waals surface area contributed by atoms with Crippen LogP contribution in [0.2, 0.25) is 0 Å². The van der Waals surface area contributed by atoms with E-state index in [-0.39, 0.29) is 5.57 Å². The molecule has 0 aromatic heterocycles. The smallest absolute Gasteiger partial charge is 0.335 e. The van der Waals surface area contributed by atoms with Gasteiger partial charge in [-0.25, -0.2) is 4.79 Å². The van der Waals surface area contributed by atoms with E-state index in [2.05, 4.69) is 6.58 Å². The van der Waals surface area contributed by atoms with Crippen LogP contribution in [0.1, 0.15) is 13.3 Å². The molecular formula is C11H8Cl12O2. The van der Waals surface area contributed by atoms with Crippen molar-refractivity contribution >= 4 is 145 Å². The second kappa shape index (κ2) is 9.23. The number of esters is 1. The zero-order valence-corrected chi connectivity index (χ0v) is 20.9. The molecule has 148 valence electrons. The van der Waals surface area contributed by atoms with E-state index >= 15 is 0 Å². The molecule has 0 aliphatic heterocycles. The number of alkyl halides is 12. The van der Waals surface area contributed by atoms with Crippen LogP contribution in [0.25, 0.3) is 0 Å². The van der Waals surface area contributed by atoms with Gasteiger partial charge in [0.2, 0.25) is 4.33 Å². The summed E-state index contributed by atoms with van der Waals surface area (Å²) in [5, 5.41) is -1.41. The Hall–Kier alpha value is 2.69. The van der Waals surface area contributed by atoms with Crippen molar-refractivity contribution in [3.05, 3.63) is 12.2 Å². The van der Waals surface area contributed by atoms with Gasteiger partial charge in [0, 0.05) is 12.0 Å². The molecule has 0 amide bonds. The van der Waals surface area contributed by atoms with Gasteiger partial charge in [-0.1, -0.05) is 134 Å². The summed E-state index contributed by atoms with van der Waals surface area (Å²) in [5.74, 6) is -1.04. The lowest BCUT2D eigenvalue weighted by Gasteiger charge is -2.46. The maximum atomic E-state index is 11.7. The van der Waals surface area contributed by atoms with Crippen LogP contribution in [0.5, 0.6) is 0 Å². The third-order valence-corrected chi connectivity index (χ3v) is 8.96. The Morgan fingerprint density at radius 3 is 1.64 bits per heavy atom. The minimum atomic E-state index is -2.72. The van der Waals surface area contributed by atoms with Crippen LogP contribution in [0.3, 0.4) is 0 Å². The minimum Gasteiger partial charge on any atom is -0.422 e. The molecule has 0 radical (unpaired) electrons. The first-order chi connectivity index (χ1) is 10.7. The Bertz CT molecular complexity index is 522. The molecule has 0 rings (SSSR count). The van der Waals surface area contributed by atoms with Crippen LogP contribution < -0.4 is 0 Å². The van der Waals surface area contributed by atoms with Gasteiger partial charge in [0.05, 0.1) is 5.38 Å². The summed E-state index contributed by atoms with van der Waals surface area (Å²) in [6.07, 6.45) is -0.416. The molecular weight excluding hydrogens is 590 g/mol. The Labute approximate surface area is 205 Å². The molecule has 0 saturated carbocycles. The fraction of sp³-hybridized carbons (Fsp3) is 0.727. The lowest BCUT2D eigenvalue weighted by molar-refractivity contribution is -0.143. The van der Waals surface area contributed by atoms with Gasteiger partial charge in [-0.15, -0.1) is 11.6 Å². The average molecular weight is 598 g/mol. The Morgan fingerprint density at radius 2 is 1.32 bits per heavy atom. The normalized spacial score (nSPS) is 15.7. The number of rotatable bonds is 7. The molecule has 0 heterocycles. The van der Waals surface area contributed by atoms with E-state index in [0.29, 0.717) is 0 Å². The van der Waals surface area contributed by atoms with Crippen molar-refractivity contribution in [2.45, 2.75) is 40.0 Å². The van der Waals surface area contributed by atoms with Crippen molar-refractivity contribution in [1.29, 1.82) is 0 Å². The van der Waals surface area contributed by atoms with Gasteiger partial charge < -0.3 is 4.74 Å². The topological polar surface area (TPSA) is 26.3 Å². The number of carbonyl (C=O) groups is 1. The van der Waals surface area contributed by atoms with E-state index < -0.39 is 39.1 Å². The van der Waals surface area contributed by atoms with Gasteiger partial charge in [-0.05, 0) is 6.92 Å². The summed E-state index contributed by atoms with van der Waals surface area (Å²) >= 11 is 71.4. The molecule has 0 fully saturated rings. The number of halogens is 12. The van der Waals surface area contributed by atoms with Crippen molar-refractivity contribution < 1.29 is 9.53 Å². The van der Waals surface area contributed by atoms with Crippen LogP contribution >= 0.6 is 139 Å². The molecule has 0 N–H and O–H groups in total. The molecule has 0 aliphatic carbocycles. The zero-order valence-electron chi connectivity index (χ0n) is 11.8. The van der Waals surface area contributed by atoms with E-state index in [1.807, 2.05) is 0 Å². The molecule has 2 nitrogen and oxygen atoms in total. The van der Waals surface area contributed by atoms with Gasteiger partial charge >= 0.3 is 5.97 Å². The highest BCUT2D eigenvalue weighted by Crippen LogP contribution is 2.63. The van der Waals surface area contributed by atoms with Crippen LogP contribution in [0.15, 0.2) is 12.2 Å². The van der Waals surface area contributed by atoms with Crippen LogP contribution in [0, 0.1) is 0 Å². The first-order valence-electron chi connectivity index (χ1n) is 5.81. The Balaban J connectivity index is 5.85. The number of carbonyl (C=O) groups excluding carboxylic acids is 1. The fourth-order valence-electron chi connectivity index (χ4n) is 1.19. The highest BCUT2D eigenvalue weighted by atomic mass is 35.6. The molecule has 0 aromatic rings. The highest BCUT2D eigenvalue weighted by Gasteiger charge is 2.72. The van der Waals surface area contributed by atoms with Crippen LogP contribution in [-0.4, -0.2) is 32.7 Å². The minimum absolute atomic E-state index is 0.0704. The number of hydrogen-bond donors (Lipinski definition) is 0.